The van der Waals surface area contributed by atoms with E-state index < -0.39 is 5.41 Å². The summed E-state index contributed by atoms with van der Waals surface area (Å²) in [5.74, 6) is 0.0285. The summed E-state index contributed by atoms with van der Waals surface area (Å²) >= 11 is 0. The van der Waals surface area contributed by atoms with Crippen molar-refractivity contribution in [1.82, 2.24) is 4.98 Å². The summed E-state index contributed by atoms with van der Waals surface area (Å²) in [7, 11) is 1.81. The minimum absolute atomic E-state index is 0.0285. The highest BCUT2D eigenvalue weighted by atomic mass is 16.2. The number of amides is 1. The van der Waals surface area contributed by atoms with Crippen molar-refractivity contribution >= 4 is 33.3 Å². The summed E-state index contributed by atoms with van der Waals surface area (Å²) < 4.78 is 0. The molecule has 1 aliphatic rings. The van der Waals surface area contributed by atoms with Gasteiger partial charge in [-0.3, -0.25) is 9.78 Å². The first-order chi connectivity index (χ1) is 10.9. The van der Waals surface area contributed by atoms with Crippen LogP contribution >= 0.6 is 0 Å². The number of rotatable bonds is 0. The Morgan fingerprint density at radius 2 is 1.96 bits per heavy atom. The Labute approximate surface area is 134 Å². The van der Waals surface area contributed by atoms with Crippen LogP contribution < -0.4 is 4.90 Å². The molecule has 3 aromatic rings. The van der Waals surface area contributed by atoms with Gasteiger partial charge >= 0.3 is 0 Å². The second kappa shape index (κ2) is 4.30. The molecule has 4 rings (SSSR count). The highest BCUT2D eigenvalue weighted by molar-refractivity contribution is 6.19. The van der Waals surface area contributed by atoms with Crippen molar-refractivity contribution in [3.8, 4) is 6.07 Å². The van der Waals surface area contributed by atoms with Crippen molar-refractivity contribution in [1.29, 1.82) is 5.26 Å². The van der Waals surface area contributed by atoms with Crippen LogP contribution in [0, 0.1) is 11.3 Å². The molecular weight excluding hydrogens is 286 g/mol. The van der Waals surface area contributed by atoms with Crippen molar-refractivity contribution in [2.45, 2.75) is 19.3 Å². The third kappa shape index (κ3) is 1.65. The van der Waals surface area contributed by atoms with E-state index in [1.165, 1.54) is 0 Å². The molecule has 1 aromatic heterocycles. The molecule has 4 nitrogen and oxygen atoms in total. The number of hydrogen-bond acceptors (Lipinski definition) is 3. The number of fused-ring (bicyclic) bond motifs is 2. The zero-order chi connectivity index (χ0) is 16.4. The maximum Gasteiger partial charge on any atom is 0.238 e. The fraction of sp³-hybridized carbons (Fsp3) is 0.211. The highest BCUT2D eigenvalue weighted by Crippen LogP contribution is 2.43. The van der Waals surface area contributed by atoms with E-state index in [2.05, 4.69) is 12.1 Å². The lowest BCUT2D eigenvalue weighted by atomic mass is 9.80. The van der Waals surface area contributed by atoms with Crippen LogP contribution in [0.4, 0.5) is 5.69 Å². The molecule has 0 saturated heterocycles. The van der Waals surface area contributed by atoms with E-state index >= 15 is 0 Å². The number of anilines is 1. The van der Waals surface area contributed by atoms with Gasteiger partial charge in [-0.1, -0.05) is 18.2 Å². The van der Waals surface area contributed by atoms with Crippen molar-refractivity contribution in [3.63, 3.8) is 0 Å². The average Bonchev–Trinajstić information content (AvgIpc) is 2.57. The minimum atomic E-state index is -0.696. The van der Waals surface area contributed by atoms with Crippen LogP contribution in [0.1, 0.15) is 25.1 Å². The highest BCUT2D eigenvalue weighted by Gasteiger charge is 2.41. The topological polar surface area (TPSA) is 57.0 Å². The number of nitrogens with zero attached hydrogens (tertiary/aromatic N) is 3. The van der Waals surface area contributed by atoms with E-state index in [0.717, 1.165) is 33.1 Å². The van der Waals surface area contributed by atoms with E-state index in [-0.39, 0.29) is 5.91 Å². The van der Waals surface area contributed by atoms with Gasteiger partial charge in [0.25, 0.3) is 0 Å². The predicted octanol–water partition coefficient (Wildman–Crippen LogP) is 3.51. The number of carbonyl (C=O) groups is 1. The van der Waals surface area contributed by atoms with Gasteiger partial charge in [-0.2, -0.15) is 5.26 Å². The molecule has 2 heterocycles. The molecule has 112 valence electrons. The number of likely N-dealkylation sites (N-methyl/N-ethyl adjacent to an activating group) is 1. The zero-order valence-electron chi connectivity index (χ0n) is 13.2. The van der Waals surface area contributed by atoms with Crippen LogP contribution in [0.2, 0.25) is 0 Å². The van der Waals surface area contributed by atoms with Gasteiger partial charge in [0.15, 0.2) is 0 Å². The number of benzene rings is 2. The van der Waals surface area contributed by atoms with Crippen LogP contribution in [0.3, 0.4) is 0 Å². The second-order valence-electron chi connectivity index (χ2n) is 6.49. The van der Waals surface area contributed by atoms with E-state index in [0.29, 0.717) is 5.56 Å². The first kappa shape index (κ1) is 13.7. The molecule has 0 radical (unpaired) electrons. The van der Waals surface area contributed by atoms with Crippen LogP contribution in [-0.2, 0) is 10.2 Å². The van der Waals surface area contributed by atoms with Crippen LogP contribution in [0.15, 0.2) is 36.4 Å². The first-order valence-electron chi connectivity index (χ1n) is 7.50. The predicted molar refractivity (Wildman–Crippen MR) is 90.4 cm³/mol. The number of carbonyl (C=O) groups excluding carboxylic acids is 1. The van der Waals surface area contributed by atoms with E-state index in [9.17, 15) is 4.79 Å². The smallest absolute Gasteiger partial charge is 0.238 e. The summed E-state index contributed by atoms with van der Waals surface area (Å²) in [5.41, 5.74) is 2.31. The quantitative estimate of drug-likeness (QED) is 0.597. The zero-order valence-corrected chi connectivity index (χ0v) is 13.2. The van der Waals surface area contributed by atoms with Gasteiger partial charge in [-0.15, -0.1) is 0 Å². The Morgan fingerprint density at radius 3 is 2.70 bits per heavy atom. The molecule has 0 bridgehead atoms. The van der Waals surface area contributed by atoms with Crippen LogP contribution in [0.5, 0.6) is 0 Å². The van der Waals surface area contributed by atoms with E-state index in [1.54, 1.807) is 11.0 Å². The maximum absolute atomic E-state index is 12.7. The molecule has 0 atom stereocenters. The minimum Gasteiger partial charge on any atom is -0.314 e. The van der Waals surface area contributed by atoms with Gasteiger partial charge in [0.2, 0.25) is 5.91 Å². The van der Waals surface area contributed by atoms with Gasteiger partial charge in [0.1, 0.15) is 0 Å². The van der Waals surface area contributed by atoms with E-state index in [1.807, 2.05) is 45.2 Å². The lowest BCUT2D eigenvalue weighted by Crippen LogP contribution is -2.45. The van der Waals surface area contributed by atoms with Gasteiger partial charge in [0, 0.05) is 17.8 Å². The molecule has 0 unspecified atom stereocenters. The number of aromatic nitrogens is 1. The molecule has 0 aliphatic carbocycles. The van der Waals surface area contributed by atoms with Crippen molar-refractivity contribution in [2.24, 2.45) is 0 Å². The third-order valence-corrected chi connectivity index (χ3v) is 4.72. The number of pyridine rings is 1. The Bertz CT molecular complexity index is 1040. The Balaban J connectivity index is 2.26. The van der Waals surface area contributed by atoms with Crippen molar-refractivity contribution in [3.05, 3.63) is 47.7 Å². The fourth-order valence-electron chi connectivity index (χ4n) is 3.47. The average molecular weight is 301 g/mol. The molecule has 1 amide bonds. The van der Waals surface area contributed by atoms with Crippen molar-refractivity contribution in [2.75, 3.05) is 11.9 Å². The summed E-state index contributed by atoms with van der Waals surface area (Å²) in [5, 5.41) is 12.2. The summed E-state index contributed by atoms with van der Waals surface area (Å²) in [4.78, 5) is 19.2. The Hall–Kier alpha value is -2.93. The standard InChI is InChI=1S/C19H15N3O/c1-19(2)17-16-13(5-4-6-15(16)22(3)18(19)23)12-8-7-11(10-20)9-14(12)21-17/h4-9H,1-3H3. The van der Waals surface area contributed by atoms with Crippen molar-refractivity contribution < 1.29 is 4.79 Å². The molecule has 0 saturated carbocycles. The Morgan fingerprint density at radius 1 is 1.17 bits per heavy atom. The molecule has 0 fully saturated rings. The number of hydrogen-bond donors (Lipinski definition) is 0. The van der Waals surface area contributed by atoms with Gasteiger partial charge < -0.3 is 4.90 Å². The summed E-state index contributed by atoms with van der Waals surface area (Å²) in [6.45, 7) is 3.81. The Kier molecular flexibility index (Phi) is 2.56. The van der Waals surface area contributed by atoms with Crippen LogP contribution in [-0.4, -0.2) is 17.9 Å². The largest absolute Gasteiger partial charge is 0.314 e. The lowest BCUT2D eigenvalue weighted by molar-refractivity contribution is -0.123. The lowest BCUT2D eigenvalue weighted by Gasteiger charge is -2.36. The molecule has 4 heteroatoms. The molecule has 2 aromatic carbocycles. The summed E-state index contributed by atoms with van der Waals surface area (Å²) in [6.07, 6.45) is 0. The van der Waals surface area contributed by atoms with Crippen LogP contribution in [0.25, 0.3) is 21.7 Å². The maximum atomic E-state index is 12.7. The second-order valence-corrected chi connectivity index (χ2v) is 6.49. The normalized spacial score (nSPS) is 15.9. The SMILES string of the molecule is CN1C(=O)C(C)(C)c2nc3cc(C#N)ccc3c3cccc1c23. The number of nitriles is 1. The molecule has 0 spiro atoms. The molecule has 1 aliphatic heterocycles. The van der Waals surface area contributed by atoms with E-state index in [4.69, 9.17) is 10.2 Å². The monoisotopic (exact) mass is 301 g/mol. The molecule has 23 heavy (non-hydrogen) atoms. The summed E-state index contributed by atoms with van der Waals surface area (Å²) in [6, 6.07) is 13.7. The molecular formula is C19H15N3O. The first-order valence-corrected chi connectivity index (χ1v) is 7.50. The third-order valence-electron chi connectivity index (χ3n) is 4.72. The van der Waals surface area contributed by atoms with Gasteiger partial charge in [-0.05, 0) is 37.4 Å². The van der Waals surface area contributed by atoms with Gasteiger partial charge in [-0.25, -0.2) is 0 Å². The fourth-order valence-corrected chi connectivity index (χ4v) is 3.47. The van der Waals surface area contributed by atoms with Gasteiger partial charge in [0.05, 0.1) is 33.9 Å². The molecule has 0 N–H and O–H groups in total.